The number of nitrogens with one attached hydrogen (secondary N) is 1. The Balaban J connectivity index is 3.43. The zero-order valence-electron chi connectivity index (χ0n) is 8.99. The molecule has 0 saturated heterocycles. The van der Waals surface area contributed by atoms with Crippen LogP contribution in [-0.4, -0.2) is 31.1 Å². The summed E-state index contributed by atoms with van der Waals surface area (Å²) in [5.74, 6) is -1.82. The van der Waals surface area contributed by atoms with Crippen molar-refractivity contribution in [1.29, 1.82) is 0 Å². The summed E-state index contributed by atoms with van der Waals surface area (Å²) in [5, 5.41) is 12.5. The molecule has 0 aliphatic heterocycles. The summed E-state index contributed by atoms with van der Waals surface area (Å²) < 4.78 is 5.25. The average molecular weight is 214 g/mol. The van der Waals surface area contributed by atoms with Crippen molar-refractivity contribution >= 4 is 11.9 Å². The Morgan fingerprint density at radius 1 is 1.40 bits per heavy atom. The van der Waals surface area contributed by atoms with Crippen molar-refractivity contribution in [2.45, 2.75) is 26.4 Å². The first-order valence-corrected chi connectivity index (χ1v) is 4.81. The molecule has 5 heteroatoms. The van der Waals surface area contributed by atoms with Gasteiger partial charge in [0.15, 0.2) is 0 Å². The number of hydrogen-bond acceptors (Lipinski definition) is 4. The molecule has 5 nitrogen and oxygen atoms in total. The molecular weight excluding hydrogens is 198 g/mol. The van der Waals surface area contributed by atoms with Crippen molar-refractivity contribution < 1.29 is 19.4 Å². The van der Waals surface area contributed by atoms with Crippen LogP contribution < -0.4 is 10.4 Å². The van der Waals surface area contributed by atoms with E-state index in [4.69, 9.17) is 4.74 Å². The van der Waals surface area contributed by atoms with Gasteiger partial charge in [-0.25, -0.2) is 0 Å². The summed E-state index contributed by atoms with van der Waals surface area (Å²) in [6, 6.07) is 0. The van der Waals surface area contributed by atoms with Crippen molar-refractivity contribution in [1.82, 2.24) is 5.32 Å². The minimum absolute atomic E-state index is 0.179. The van der Waals surface area contributed by atoms with Gasteiger partial charge in [0.2, 0.25) is 5.91 Å². The van der Waals surface area contributed by atoms with Crippen molar-refractivity contribution in [3.05, 3.63) is 12.2 Å². The number of carboxylic acid groups (broad SMARTS) is 1. The largest absolute Gasteiger partial charge is 0.545 e. The van der Waals surface area contributed by atoms with Gasteiger partial charge in [-0.1, -0.05) is 0 Å². The second-order valence-corrected chi connectivity index (χ2v) is 3.22. The molecule has 0 aliphatic rings. The summed E-state index contributed by atoms with van der Waals surface area (Å²) in [5.41, 5.74) is 0. The fourth-order valence-corrected chi connectivity index (χ4v) is 0.805. The number of amides is 1. The third-order valence-electron chi connectivity index (χ3n) is 1.44. The Hall–Kier alpha value is -1.36. The summed E-state index contributed by atoms with van der Waals surface area (Å²) in [6.45, 7) is 4.90. The second-order valence-electron chi connectivity index (χ2n) is 3.22. The van der Waals surface area contributed by atoms with Gasteiger partial charge in [0.05, 0.1) is 12.1 Å². The van der Waals surface area contributed by atoms with Crippen molar-refractivity contribution in [2.24, 2.45) is 0 Å². The molecule has 15 heavy (non-hydrogen) atoms. The normalized spacial score (nSPS) is 10.9. The lowest BCUT2D eigenvalue weighted by molar-refractivity contribution is -0.297. The molecule has 1 amide bonds. The topological polar surface area (TPSA) is 78.5 Å². The van der Waals surface area contributed by atoms with Gasteiger partial charge in [-0.15, -0.1) is 0 Å². The second kappa shape index (κ2) is 7.99. The maximum Gasteiger partial charge on any atom is 0.244 e. The van der Waals surface area contributed by atoms with Gasteiger partial charge in [-0.2, -0.15) is 0 Å². The highest BCUT2D eigenvalue weighted by Crippen LogP contribution is 1.89. The highest BCUT2D eigenvalue weighted by atomic mass is 16.5. The Kier molecular flexibility index (Phi) is 7.27. The van der Waals surface area contributed by atoms with Crippen LogP contribution in [0.5, 0.6) is 0 Å². The van der Waals surface area contributed by atoms with Crippen molar-refractivity contribution in [2.75, 3.05) is 13.2 Å². The van der Waals surface area contributed by atoms with Crippen LogP contribution in [0.3, 0.4) is 0 Å². The Morgan fingerprint density at radius 2 is 2.07 bits per heavy atom. The van der Waals surface area contributed by atoms with Gasteiger partial charge < -0.3 is 20.0 Å². The Bertz CT molecular complexity index is 236. The lowest BCUT2D eigenvalue weighted by Crippen LogP contribution is -2.25. The molecule has 0 aromatic carbocycles. The van der Waals surface area contributed by atoms with Crippen LogP contribution in [0.15, 0.2) is 12.2 Å². The molecule has 0 fully saturated rings. The van der Waals surface area contributed by atoms with Crippen molar-refractivity contribution in [3.8, 4) is 0 Å². The third kappa shape index (κ3) is 10.6. The molecule has 0 heterocycles. The van der Waals surface area contributed by atoms with E-state index in [0.29, 0.717) is 25.6 Å². The third-order valence-corrected chi connectivity index (χ3v) is 1.44. The van der Waals surface area contributed by atoms with Gasteiger partial charge in [0.25, 0.3) is 0 Å². The van der Waals surface area contributed by atoms with E-state index in [2.05, 4.69) is 5.32 Å². The monoisotopic (exact) mass is 214 g/mol. The van der Waals surface area contributed by atoms with E-state index < -0.39 is 11.9 Å². The Morgan fingerprint density at radius 3 is 2.60 bits per heavy atom. The molecule has 0 aliphatic carbocycles. The maximum atomic E-state index is 10.9. The van der Waals surface area contributed by atoms with Gasteiger partial charge in [0.1, 0.15) is 0 Å². The Labute approximate surface area is 89.1 Å². The standard InChI is InChI=1S/C10H17NO4/c1-8(2)15-7-3-6-11-9(12)4-5-10(13)14/h4-5,8H,3,6-7H2,1-2H3,(H,11,12)(H,13,14)/p-1/b5-4+. The first kappa shape index (κ1) is 13.6. The molecule has 1 N–H and O–H groups in total. The number of ether oxygens (including phenoxy) is 1. The van der Waals surface area contributed by atoms with Gasteiger partial charge in [0, 0.05) is 19.2 Å². The smallest absolute Gasteiger partial charge is 0.244 e. The van der Waals surface area contributed by atoms with E-state index in [-0.39, 0.29) is 6.10 Å². The average Bonchev–Trinajstić information content (AvgIpc) is 2.13. The molecular formula is C10H16NO4-. The first-order chi connectivity index (χ1) is 7.02. The summed E-state index contributed by atoms with van der Waals surface area (Å²) in [4.78, 5) is 20.9. The number of rotatable bonds is 7. The van der Waals surface area contributed by atoms with Crippen LogP contribution in [0.25, 0.3) is 0 Å². The number of carbonyl (C=O) groups is 2. The number of aliphatic carboxylic acids is 1. The molecule has 0 bridgehead atoms. The van der Waals surface area contributed by atoms with Crippen LogP contribution in [0.2, 0.25) is 0 Å². The lowest BCUT2D eigenvalue weighted by Gasteiger charge is -2.07. The molecule has 0 aromatic rings. The fraction of sp³-hybridized carbons (Fsp3) is 0.600. The van der Waals surface area contributed by atoms with E-state index in [1.807, 2.05) is 13.8 Å². The highest BCUT2D eigenvalue weighted by molar-refractivity contribution is 5.93. The van der Waals surface area contributed by atoms with E-state index >= 15 is 0 Å². The number of carboxylic acids is 1. The molecule has 86 valence electrons. The van der Waals surface area contributed by atoms with E-state index in [1.165, 1.54) is 0 Å². The fourth-order valence-electron chi connectivity index (χ4n) is 0.805. The molecule has 0 rings (SSSR count). The molecule has 0 atom stereocenters. The predicted molar refractivity (Wildman–Crippen MR) is 52.9 cm³/mol. The molecule has 0 unspecified atom stereocenters. The van der Waals surface area contributed by atoms with Gasteiger partial charge in [-0.05, 0) is 26.3 Å². The summed E-state index contributed by atoms with van der Waals surface area (Å²) in [7, 11) is 0. The van der Waals surface area contributed by atoms with Gasteiger partial charge >= 0.3 is 0 Å². The maximum absolute atomic E-state index is 10.9. The highest BCUT2D eigenvalue weighted by Gasteiger charge is 1.95. The molecule has 0 aromatic heterocycles. The van der Waals surface area contributed by atoms with Crippen LogP contribution in [0, 0.1) is 0 Å². The van der Waals surface area contributed by atoms with Crippen LogP contribution in [-0.2, 0) is 14.3 Å². The summed E-state index contributed by atoms with van der Waals surface area (Å²) in [6.07, 6.45) is 2.50. The number of carbonyl (C=O) groups excluding carboxylic acids is 2. The predicted octanol–water partition coefficient (Wildman–Crippen LogP) is -0.776. The number of hydrogen-bond donors (Lipinski definition) is 1. The van der Waals surface area contributed by atoms with Crippen LogP contribution >= 0.6 is 0 Å². The van der Waals surface area contributed by atoms with Crippen LogP contribution in [0.1, 0.15) is 20.3 Å². The van der Waals surface area contributed by atoms with Gasteiger partial charge in [-0.3, -0.25) is 4.79 Å². The summed E-state index contributed by atoms with van der Waals surface area (Å²) >= 11 is 0. The minimum Gasteiger partial charge on any atom is -0.545 e. The SMILES string of the molecule is CC(C)OCCCNC(=O)/C=C/C(=O)[O-]. The minimum atomic E-state index is -1.38. The quantitative estimate of drug-likeness (QED) is 0.445. The van der Waals surface area contributed by atoms with E-state index in [0.717, 1.165) is 6.08 Å². The van der Waals surface area contributed by atoms with Crippen LogP contribution in [0.4, 0.5) is 0 Å². The van der Waals surface area contributed by atoms with E-state index in [9.17, 15) is 14.7 Å². The zero-order chi connectivity index (χ0) is 11.7. The zero-order valence-corrected chi connectivity index (χ0v) is 8.99. The molecule has 0 radical (unpaired) electrons. The molecule has 0 spiro atoms. The lowest BCUT2D eigenvalue weighted by atomic mass is 10.4. The first-order valence-electron chi connectivity index (χ1n) is 4.81. The molecule has 0 saturated carbocycles. The van der Waals surface area contributed by atoms with E-state index in [1.54, 1.807) is 0 Å². The van der Waals surface area contributed by atoms with Crippen molar-refractivity contribution in [3.63, 3.8) is 0 Å².